The largest absolute Gasteiger partial charge is 0.491 e. The van der Waals surface area contributed by atoms with Gasteiger partial charge in [0, 0.05) is 19.0 Å². The van der Waals surface area contributed by atoms with Crippen molar-refractivity contribution in [3.63, 3.8) is 0 Å². The van der Waals surface area contributed by atoms with E-state index >= 15 is 0 Å². The van der Waals surface area contributed by atoms with Crippen molar-refractivity contribution in [2.45, 2.75) is 12.5 Å². The number of anilines is 1. The number of aliphatic hydroxyl groups excluding tert-OH is 2. The lowest BCUT2D eigenvalue weighted by Crippen LogP contribution is -2.23. The molecule has 0 amide bonds. The number of rotatable bonds is 6. The molecule has 1 aliphatic heterocycles. The average Bonchev–Trinajstić information content (AvgIpc) is 3.42. The van der Waals surface area contributed by atoms with Crippen molar-refractivity contribution in [2.24, 2.45) is 0 Å². The van der Waals surface area contributed by atoms with Gasteiger partial charge in [0.1, 0.15) is 35.1 Å². The van der Waals surface area contributed by atoms with Crippen molar-refractivity contribution < 1.29 is 23.7 Å². The molecule has 11 heteroatoms. The van der Waals surface area contributed by atoms with Gasteiger partial charge in [-0.3, -0.25) is 0 Å². The Morgan fingerprint density at radius 1 is 1.21 bits per heavy atom. The first kappa shape index (κ1) is 21.4. The zero-order valence-electron chi connectivity index (χ0n) is 17.2. The molecule has 3 N–H and O–H groups in total. The maximum Gasteiger partial charge on any atom is 0.173 e. The fraction of sp³-hybridized carbons (Fsp3) is 0.227. The molecule has 0 saturated carbocycles. The van der Waals surface area contributed by atoms with Gasteiger partial charge in [-0.1, -0.05) is 0 Å². The van der Waals surface area contributed by atoms with E-state index in [0.29, 0.717) is 36.1 Å². The van der Waals surface area contributed by atoms with E-state index in [0.717, 1.165) is 21.4 Å². The molecule has 33 heavy (non-hydrogen) atoms. The van der Waals surface area contributed by atoms with Gasteiger partial charge < -0.3 is 20.3 Å². The first-order valence-corrected chi connectivity index (χ1v) is 11.0. The SMILES string of the molecule is OCC(O)CNc1ccc2c(n1)-c1sc(-c3ncnn3-c3ccc(F)cc3F)cc1CCO2. The number of pyridine rings is 1. The van der Waals surface area contributed by atoms with Gasteiger partial charge >= 0.3 is 0 Å². The number of aromatic nitrogens is 4. The Labute approximate surface area is 191 Å². The van der Waals surface area contributed by atoms with Crippen LogP contribution in [0.2, 0.25) is 0 Å². The first-order chi connectivity index (χ1) is 16.0. The molecule has 3 aromatic heterocycles. The van der Waals surface area contributed by atoms with Crippen LogP contribution < -0.4 is 10.1 Å². The Morgan fingerprint density at radius 2 is 2.09 bits per heavy atom. The van der Waals surface area contributed by atoms with Gasteiger partial charge in [0.15, 0.2) is 11.6 Å². The molecular weight excluding hydrogens is 452 g/mol. The number of halogens is 2. The number of thiophene rings is 1. The number of hydrogen-bond donors (Lipinski definition) is 3. The van der Waals surface area contributed by atoms with Crippen LogP contribution in [0, 0.1) is 11.6 Å². The number of benzene rings is 1. The summed E-state index contributed by atoms with van der Waals surface area (Å²) in [5.74, 6) is 0.187. The van der Waals surface area contributed by atoms with E-state index in [1.165, 1.54) is 34.5 Å². The minimum atomic E-state index is -0.899. The fourth-order valence-corrected chi connectivity index (χ4v) is 4.73. The van der Waals surface area contributed by atoms with Crippen LogP contribution >= 0.6 is 11.3 Å². The minimum absolute atomic E-state index is 0.100. The molecule has 1 atom stereocenters. The molecule has 1 aliphatic rings. The molecular formula is C22H19F2N5O3S. The molecule has 4 heterocycles. The summed E-state index contributed by atoms with van der Waals surface area (Å²) in [4.78, 5) is 10.6. The van der Waals surface area contributed by atoms with Crippen LogP contribution in [0.15, 0.2) is 42.7 Å². The van der Waals surface area contributed by atoms with Crippen LogP contribution in [-0.2, 0) is 6.42 Å². The normalized spacial score (nSPS) is 13.6. The summed E-state index contributed by atoms with van der Waals surface area (Å²) in [6, 6.07) is 8.82. The molecule has 0 bridgehead atoms. The van der Waals surface area contributed by atoms with Gasteiger partial charge in [-0.25, -0.2) is 23.4 Å². The van der Waals surface area contributed by atoms with Crippen molar-refractivity contribution >= 4 is 17.2 Å². The average molecular weight is 471 g/mol. The molecule has 1 aromatic carbocycles. The van der Waals surface area contributed by atoms with Crippen LogP contribution in [0.1, 0.15) is 5.56 Å². The highest BCUT2D eigenvalue weighted by molar-refractivity contribution is 7.19. The van der Waals surface area contributed by atoms with Crippen LogP contribution in [0.4, 0.5) is 14.6 Å². The van der Waals surface area contributed by atoms with Gasteiger partial charge in [-0.2, -0.15) is 5.10 Å². The number of nitrogens with one attached hydrogen (secondary N) is 1. The second-order valence-electron chi connectivity index (χ2n) is 7.42. The van der Waals surface area contributed by atoms with E-state index in [1.54, 1.807) is 12.1 Å². The van der Waals surface area contributed by atoms with E-state index in [2.05, 4.69) is 20.4 Å². The first-order valence-electron chi connectivity index (χ1n) is 10.2. The second kappa shape index (κ2) is 8.85. The van der Waals surface area contributed by atoms with Crippen LogP contribution in [-0.4, -0.2) is 55.8 Å². The summed E-state index contributed by atoms with van der Waals surface area (Å²) in [6.45, 7) is 0.264. The van der Waals surface area contributed by atoms with Crippen molar-refractivity contribution in [3.8, 4) is 32.7 Å². The van der Waals surface area contributed by atoms with Crippen LogP contribution in [0.3, 0.4) is 0 Å². The molecule has 8 nitrogen and oxygen atoms in total. The molecule has 1 unspecified atom stereocenters. The number of ether oxygens (including phenoxy) is 1. The Kier molecular flexibility index (Phi) is 5.75. The predicted octanol–water partition coefficient (Wildman–Crippen LogP) is 3.04. The summed E-state index contributed by atoms with van der Waals surface area (Å²) in [5, 5.41) is 25.8. The van der Waals surface area contributed by atoms with E-state index in [9.17, 15) is 13.9 Å². The predicted molar refractivity (Wildman–Crippen MR) is 119 cm³/mol. The minimum Gasteiger partial charge on any atom is -0.491 e. The standard InChI is InChI=1S/C22H19F2N5O3S/c23-13-1-2-16(15(24)8-13)29-22(26-11-27-29)18-7-12-5-6-32-17-3-4-19(25-9-14(31)10-30)28-20(17)21(12)33-18/h1-4,7-8,11,14,30-31H,5-6,9-10H2,(H,25,28). The Bertz CT molecular complexity index is 1310. The van der Waals surface area contributed by atoms with Crippen LogP contribution in [0.25, 0.3) is 27.0 Å². The Hall–Kier alpha value is -3.41. The highest BCUT2D eigenvalue weighted by Crippen LogP contribution is 2.43. The molecule has 0 radical (unpaired) electrons. The summed E-state index contributed by atoms with van der Waals surface area (Å²) in [6.07, 6.45) is 1.07. The third-order valence-corrected chi connectivity index (χ3v) is 6.33. The summed E-state index contributed by atoms with van der Waals surface area (Å²) >= 11 is 1.42. The third-order valence-electron chi connectivity index (χ3n) is 5.15. The van der Waals surface area contributed by atoms with Gasteiger partial charge in [-0.15, -0.1) is 11.3 Å². The lowest BCUT2D eigenvalue weighted by Gasteiger charge is -2.12. The van der Waals surface area contributed by atoms with Crippen molar-refractivity contribution in [2.75, 3.05) is 25.1 Å². The van der Waals surface area contributed by atoms with E-state index in [-0.39, 0.29) is 18.8 Å². The van der Waals surface area contributed by atoms with Gasteiger partial charge in [0.05, 0.1) is 29.1 Å². The highest BCUT2D eigenvalue weighted by Gasteiger charge is 2.24. The highest BCUT2D eigenvalue weighted by atomic mass is 32.1. The number of aliphatic hydroxyl groups is 2. The summed E-state index contributed by atoms with van der Waals surface area (Å²) in [7, 11) is 0. The third kappa shape index (κ3) is 4.17. The molecule has 4 aromatic rings. The zero-order chi connectivity index (χ0) is 22.9. The van der Waals surface area contributed by atoms with E-state index < -0.39 is 17.7 Å². The quantitative estimate of drug-likeness (QED) is 0.397. The molecule has 0 fully saturated rings. The zero-order valence-corrected chi connectivity index (χ0v) is 18.0. The van der Waals surface area contributed by atoms with Crippen molar-refractivity contribution in [1.29, 1.82) is 0 Å². The fourth-order valence-electron chi connectivity index (χ4n) is 3.55. The number of hydrogen-bond acceptors (Lipinski definition) is 8. The van der Waals surface area contributed by atoms with Crippen molar-refractivity contribution in [1.82, 2.24) is 19.7 Å². The molecule has 5 rings (SSSR count). The van der Waals surface area contributed by atoms with E-state index in [4.69, 9.17) is 9.84 Å². The number of fused-ring (bicyclic) bond motifs is 3. The van der Waals surface area contributed by atoms with Gasteiger partial charge in [0.25, 0.3) is 0 Å². The summed E-state index contributed by atoms with van der Waals surface area (Å²) in [5.41, 5.74) is 1.74. The van der Waals surface area contributed by atoms with Gasteiger partial charge in [0.2, 0.25) is 0 Å². The van der Waals surface area contributed by atoms with Crippen molar-refractivity contribution in [3.05, 3.63) is 59.9 Å². The topological polar surface area (TPSA) is 105 Å². The second-order valence-corrected chi connectivity index (χ2v) is 8.47. The monoisotopic (exact) mass is 471 g/mol. The maximum atomic E-state index is 14.4. The Morgan fingerprint density at radius 3 is 2.91 bits per heavy atom. The molecule has 170 valence electrons. The molecule has 0 saturated heterocycles. The van der Waals surface area contributed by atoms with Crippen LogP contribution in [0.5, 0.6) is 5.75 Å². The molecule has 0 aliphatic carbocycles. The number of nitrogens with zero attached hydrogens (tertiary/aromatic N) is 4. The summed E-state index contributed by atoms with van der Waals surface area (Å²) < 4.78 is 35.0. The lowest BCUT2D eigenvalue weighted by molar-refractivity contribution is 0.105. The van der Waals surface area contributed by atoms with E-state index in [1.807, 2.05) is 6.07 Å². The lowest BCUT2D eigenvalue weighted by atomic mass is 10.1. The van der Waals surface area contributed by atoms with Gasteiger partial charge in [-0.05, 0) is 35.9 Å². The molecule has 0 spiro atoms. The Balaban J connectivity index is 1.54. The smallest absolute Gasteiger partial charge is 0.173 e. The maximum absolute atomic E-state index is 14.4.